The minimum atomic E-state index is -0.684. The number of carbonyl (C=O) groups excluding carboxylic acids is 1. The largest absolute Gasteiger partial charge is 0.458 e. The number of carbonyl (C=O) groups is 1. The molecule has 0 amide bonds. The molecule has 1 aliphatic rings. The van der Waals surface area contributed by atoms with E-state index in [9.17, 15) is 14.3 Å². The van der Waals surface area contributed by atoms with Crippen molar-refractivity contribution in [1.82, 2.24) is 4.57 Å². The van der Waals surface area contributed by atoms with E-state index in [-0.39, 0.29) is 24.2 Å². The molecule has 2 heterocycles. The zero-order valence-corrected chi connectivity index (χ0v) is 17.4. The van der Waals surface area contributed by atoms with Crippen molar-refractivity contribution in [3.8, 4) is 11.1 Å². The Hall–Kier alpha value is -2.92. The van der Waals surface area contributed by atoms with Crippen LogP contribution >= 0.6 is 0 Å². The fourth-order valence-corrected chi connectivity index (χ4v) is 4.21. The number of benzene rings is 2. The van der Waals surface area contributed by atoms with Crippen LogP contribution in [0.2, 0.25) is 0 Å². The molecule has 30 heavy (non-hydrogen) atoms. The number of aromatic nitrogens is 1. The number of hydrogen-bond donors (Lipinski definition) is 1. The zero-order chi connectivity index (χ0) is 21.4. The quantitative estimate of drug-likeness (QED) is 0.588. The van der Waals surface area contributed by atoms with E-state index in [0.29, 0.717) is 6.42 Å². The Morgan fingerprint density at radius 1 is 1.20 bits per heavy atom. The lowest BCUT2D eigenvalue weighted by atomic mass is 10.00. The monoisotopic (exact) mass is 407 g/mol. The minimum absolute atomic E-state index is 0.0384. The van der Waals surface area contributed by atoms with E-state index < -0.39 is 12.2 Å². The normalized spacial score (nSPS) is 19.7. The maximum atomic E-state index is 13.6. The van der Waals surface area contributed by atoms with Gasteiger partial charge in [0.1, 0.15) is 11.9 Å². The predicted molar refractivity (Wildman–Crippen MR) is 117 cm³/mol. The summed E-state index contributed by atoms with van der Waals surface area (Å²) < 4.78 is 21.2. The Morgan fingerprint density at radius 2 is 1.93 bits per heavy atom. The molecule has 3 aromatic rings. The van der Waals surface area contributed by atoms with Crippen molar-refractivity contribution in [2.45, 2.75) is 51.9 Å². The van der Waals surface area contributed by atoms with Gasteiger partial charge in [-0.05, 0) is 62.2 Å². The number of cyclic esters (lactones) is 1. The molecule has 4 rings (SSSR count). The molecule has 1 N–H and O–H groups in total. The van der Waals surface area contributed by atoms with Crippen LogP contribution in [0.5, 0.6) is 0 Å². The summed E-state index contributed by atoms with van der Waals surface area (Å²) in [6, 6.07) is 13.0. The molecule has 0 spiro atoms. The highest BCUT2D eigenvalue weighted by molar-refractivity contribution is 6.01. The van der Waals surface area contributed by atoms with Gasteiger partial charge in [0.05, 0.1) is 12.5 Å². The molecular formula is C25H26FNO3. The third kappa shape index (κ3) is 3.90. The van der Waals surface area contributed by atoms with Crippen molar-refractivity contribution in [2.75, 3.05) is 0 Å². The smallest absolute Gasteiger partial charge is 0.309 e. The molecule has 1 fully saturated rings. The Balaban J connectivity index is 1.90. The first kappa shape index (κ1) is 20.4. The number of ether oxygens (including phenoxy) is 1. The number of aryl methyl sites for hydroxylation is 1. The molecular weight excluding hydrogens is 381 g/mol. The van der Waals surface area contributed by atoms with Crippen LogP contribution in [0, 0.1) is 12.7 Å². The second-order valence-corrected chi connectivity index (χ2v) is 8.23. The fraction of sp³-hybridized carbons (Fsp3) is 0.320. The van der Waals surface area contributed by atoms with Gasteiger partial charge in [0.15, 0.2) is 0 Å². The summed E-state index contributed by atoms with van der Waals surface area (Å²) >= 11 is 0. The number of halogens is 1. The number of aliphatic hydroxyl groups excluding tert-OH is 1. The summed E-state index contributed by atoms with van der Waals surface area (Å²) in [5.41, 5.74) is 5.16. The first-order valence-electron chi connectivity index (χ1n) is 10.3. The topological polar surface area (TPSA) is 51.5 Å². The van der Waals surface area contributed by atoms with E-state index >= 15 is 0 Å². The third-order valence-corrected chi connectivity index (χ3v) is 5.51. The first-order chi connectivity index (χ1) is 14.3. The summed E-state index contributed by atoms with van der Waals surface area (Å²) in [6.45, 7) is 6.31. The summed E-state index contributed by atoms with van der Waals surface area (Å²) in [6.07, 6.45) is 3.07. The Labute approximate surface area is 175 Å². The fourth-order valence-electron chi connectivity index (χ4n) is 4.21. The van der Waals surface area contributed by atoms with Crippen molar-refractivity contribution in [3.05, 3.63) is 65.6 Å². The van der Waals surface area contributed by atoms with Gasteiger partial charge in [-0.15, -0.1) is 0 Å². The maximum Gasteiger partial charge on any atom is 0.309 e. The maximum absolute atomic E-state index is 13.6. The molecule has 2 aromatic carbocycles. The molecule has 5 heteroatoms. The van der Waals surface area contributed by atoms with Gasteiger partial charge in [0.2, 0.25) is 0 Å². The van der Waals surface area contributed by atoms with Gasteiger partial charge in [-0.3, -0.25) is 4.79 Å². The SMILES string of the molecule is Cc1ccc2c(-c3ccc(F)cc3)c(/C=C/C3CC(O)CC(=O)O3)n(C(C)C)c2c1. The van der Waals surface area contributed by atoms with E-state index in [1.54, 1.807) is 12.1 Å². The molecule has 4 nitrogen and oxygen atoms in total. The lowest BCUT2D eigenvalue weighted by Crippen LogP contribution is -2.31. The number of fused-ring (bicyclic) bond motifs is 1. The minimum Gasteiger partial charge on any atom is -0.458 e. The summed E-state index contributed by atoms with van der Waals surface area (Å²) in [5, 5.41) is 11.0. The van der Waals surface area contributed by atoms with E-state index in [1.165, 1.54) is 12.1 Å². The van der Waals surface area contributed by atoms with Crippen molar-refractivity contribution in [2.24, 2.45) is 0 Å². The standard InChI is InChI=1S/C25H26FNO3/c1-15(2)27-22(11-9-20-13-19(28)14-24(29)30-20)25(17-5-7-18(26)8-6-17)21-10-4-16(3)12-23(21)27/h4-12,15,19-20,28H,13-14H2,1-3H3/b11-9+. The van der Waals surface area contributed by atoms with Crippen molar-refractivity contribution < 1.29 is 19.0 Å². The van der Waals surface area contributed by atoms with Crippen LogP contribution in [0.4, 0.5) is 4.39 Å². The second-order valence-electron chi connectivity index (χ2n) is 8.23. The highest BCUT2D eigenvalue weighted by Gasteiger charge is 2.26. The Kier molecular flexibility index (Phi) is 5.48. The number of rotatable bonds is 4. The highest BCUT2D eigenvalue weighted by Crippen LogP contribution is 2.38. The zero-order valence-electron chi connectivity index (χ0n) is 17.4. The van der Waals surface area contributed by atoms with Gasteiger partial charge in [0, 0.05) is 34.6 Å². The Morgan fingerprint density at radius 3 is 2.60 bits per heavy atom. The number of aliphatic hydroxyl groups is 1. The van der Waals surface area contributed by atoms with Gasteiger partial charge in [-0.25, -0.2) is 4.39 Å². The first-order valence-corrected chi connectivity index (χ1v) is 10.3. The van der Waals surface area contributed by atoms with E-state index in [2.05, 4.69) is 43.5 Å². The Bertz CT molecular complexity index is 1110. The third-order valence-electron chi connectivity index (χ3n) is 5.51. The molecule has 156 valence electrons. The lowest BCUT2D eigenvalue weighted by molar-refractivity contribution is -0.156. The van der Waals surface area contributed by atoms with Gasteiger partial charge in [-0.2, -0.15) is 0 Å². The average Bonchev–Trinajstić information content (AvgIpc) is 2.99. The van der Waals surface area contributed by atoms with Crippen LogP contribution in [0.1, 0.15) is 44.0 Å². The number of hydrogen-bond acceptors (Lipinski definition) is 3. The van der Waals surface area contributed by atoms with Gasteiger partial charge in [-0.1, -0.05) is 24.3 Å². The van der Waals surface area contributed by atoms with Crippen LogP contribution < -0.4 is 0 Å². The molecule has 2 atom stereocenters. The van der Waals surface area contributed by atoms with Gasteiger partial charge < -0.3 is 14.4 Å². The highest BCUT2D eigenvalue weighted by atomic mass is 19.1. The lowest BCUT2D eigenvalue weighted by Gasteiger charge is -2.23. The van der Waals surface area contributed by atoms with Crippen molar-refractivity contribution in [1.29, 1.82) is 0 Å². The summed E-state index contributed by atoms with van der Waals surface area (Å²) in [4.78, 5) is 11.7. The number of esters is 1. The van der Waals surface area contributed by atoms with Crippen LogP contribution in [0.3, 0.4) is 0 Å². The summed E-state index contributed by atoms with van der Waals surface area (Å²) in [7, 11) is 0. The van der Waals surface area contributed by atoms with Crippen molar-refractivity contribution >= 4 is 22.9 Å². The van der Waals surface area contributed by atoms with E-state index in [4.69, 9.17) is 4.74 Å². The van der Waals surface area contributed by atoms with Crippen LogP contribution in [0.15, 0.2) is 48.5 Å². The predicted octanol–water partition coefficient (Wildman–Crippen LogP) is 5.42. The van der Waals surface area contributed by atoms with E-state index in [0.717, 1.165) is 33.3 Å². The van der Waals surface area contributed by atoms with Crippen molar-refractivity contribution in [3.63, 3.8) is 0 Å². The van der Waals surface area contributed by atoms with Crippen LogP contribution in [-0.4, -0.2) is 27.9 Å². The molecule has 0 bridgehead atoms. The molecule has 1 aliphatic heterocycles. The van der Waals surface area contributed by atoms with Crippen LogP contribution in [0.25, 0.3) is 28.1 Å². The number of nitrogens with zero attached hydrogens (tertiary/aromatic N) is 1. The van der Waals surface area contributed by atoms with Gasteiger partial charge >= 0.3 is 5.97 Å². The van der Waals surface area contributed by atoms with Crippen LogP contribution in [-0.2, 0) is 9.53 Å². The molecule has 1 saturated heterocycles. The molecule has 2 unspecified atom stereocenters. The molecule has 0 radical (unpaired) electrons. The summed E-state index contributed by atoms with van der Waals surface area (Å²) in [5.74, 6) is -0.662. The van der Waals surface area contributed by atoms with Gasteiger partial charge in [0.25, 0.3) is 0 Å². The average molecular weight is 407 g/mol. The molecule has 0 aliphatic carbocycles. The van der Waals surface area contributed by atoms with E-state index in [1.807, 2.05) is 12.2 Å². The molecule has 1 aromatic heterocycles. The molecule has 0 saturated carbocycles. The second kappa shape index (κ2) is 8.07.